The van der Waals surface area contributed by atoms with Crippen molar-refractivity contribution in [3.8, 4) is 17.2 Å². The van der Waals surface area contributed by atoms with E-state index in [0.29, 0.717) is 22.6 Å². The number of hydrogen-bond acceptors (Lipinski definition) is 8. The Bertz CT molecular complexity index is 1380. The van der Waals surface area contributed by atoms with E-state index in [2.05, 4.69) is 14.9 Å². The minimum absolute atomic E-state index is 0.130. The molecule has 0 aliphatic carbocycles. The first-order chi connectivity index (χ1) is 15.9. The van der Waals surface area contributed by atoms with Crippen molar-refractivity contribution in [2.45, 2.75) is 4.90 Å². The van der Waals surface area contributed by atoms with Gasteiger partial charge in [0.15, 0.2) is 17.3 Å². The highest BCUT2D eigenvalue weighted by Gasteiger charge is 2.28. The molecule has 1 aliphatic heterocycles. The fourth-order valence-corrected chi connectivity index (χ4v) is 4.34. The Labute approximate surface area is 190 Å². The van der Waals surface area contributed by atoms with Gasteiger partial charge in [-0.05, 0) is 48.0 Å². The fraction of sp³-hybridized carbons (Fsp3) is 0.0870. The number of methoxy groups -OCH3 is 2. The topological polar surface area (TPSA) is 116 Å². The highest BCUT2D eigenvalue weighted by atomic mass is 32.2. The molecule has 0 atom stereocenters. The summed E-state index contributed by atoms with van der Waals surface area (Å²) in [5.41, 5.74) is 4.01. The summed E-state index contributed by atoms with van der Waals surface area (Å²) in [7, 11) is -0.811. The van der Waals surface area contributed by atoms with Crippen LogP contribution in [0.5, 0.6) is 17.2 Å². The van der Waals surface area contributed by atoms with E-state index in [1.165, 1.54) is 26.5 Å². The average Bonchev–Trinajstić information content (AvgIpc) is 3.09. The largest absolute Gasteiger partial charge is 0.496 e. The number of fused-ring (bicyclic) bond motifs is 1. The van der Waals surface area contributed by atoms with Crippen LogP contribution in [0.15, 0.2) is 81.1 Å². The summed E-state index contributed by atoms with van der Waals surface area (Å²) in [5.74, 6) is 0.478. The molecule has 0 saturated heterocycles. The van der Waals surface area contributed by atoms with Crippen LogP contribution in [0.2, 0.25) is 0 Å². The van der Waals surface area contributed by atoms with Crippen molar-refractivity contribution in [2.24, 2.45) is 9.50 Å². The van der Waals surface area contributed by atoms with Crippen molar-refractivity contribution in [1.82, 2.24) is 5.43 Å². The molecule has 3 aromatic rings. The first kappa shape index (κ1) is 22.0. The zero-order chi connectivity index (χ0) is 23.4. The van der Waals surface area contributed by atoms with Crippen LogP contribution in [0.3, 0.4) is 0 Å². The van der Waals surface area contributed by atoms with Gasteiger partial charge in [-0.2, -0.15) is 13.5 Å². The number of benzene rings is 3. The number of ether oxygens (including phenoxy) is 3. The standard InChI is InChI=1S/C23H19N3O6S/c1-30-18-9-5-3-7-16(18)23(27)32-19-12-11-15(13-20(19)31-2)14-24-25-22-17-8-4-6-10-21(17)33(28,29)26-22/h3-14H,1-2H3,(H,25,26)/b24-14-. The van der Waals surface area contributed by atoms with Crippen LogP contribution < -0.4 is 19.6 Å². The number of carbonyl (C=O) groups is 1. The van der Waals surface area contributed by atoms with Crippen LogP contribution in [-0.4, -0.2) is 40.7 Å². The molecule has 4 rings (SSSR count). The van der Waals surface area contributed by atoms with E-state index < -0.39 is 16.0 Å². The Hall–Kier alpha value is -4.18. The molecule has 1 heterocycles. The van der Waals surface area contributed by atoms with Crippen LogP contribution in [0.25, 0.3) is 0 Å². The second-order valence-corrected chi connectivity index (χ2v) is 8.35. The number of esters is 1. The van der Waals surface area contributed by atoms with Crippen LogP contribution in [0, 0.1) is 0 Å². The van der Waals surface area contributed by atoms with Gasteiger partial charge in [-0.3, -0.25) is 5.43 Å². The van der Waals surface area contributed by atoms with E-state index in [4.69, 9.17) is 14.2 Å². The number of hydrogen-bond donors (Lipinski definition) is 1. The molecule has 3 aromatic carbocycles. The SMILES string of the molecule is COc1cc(/C=N\NC2=NS(=O)(=O)c3ccccc32)ccc1OC(=O)c1ccccc1OC. The summed E-state index contributed by atoms with van der Waals surface area (Å²) in [4.78, 5) is 12.7. The average molecular weight is 465 g/mol. The number of carbonyl (C=O) groups excluding carboxylic acids is 1. The van der Waals surface area contributed by atoms with Gasteiger partial charge in [0, 0.05) is 5.56 Å². The summed E-state index contributed by atoms with van der Waals surface area (Å²) in [5, 5.41) is 4.07. The van der Waals surface area contributed by atoms with Gasteiger partial charge in [0.2, 0.25) is 0 Å². The van der Waals surface area contributed by atoms with E-state index in [1.807, 2.05) is 0 Å². The normalized spacial score (nSPS) is 13.8. The highest BCUT2D eigenvalue weighted by molar-refractivity contribution is 7.90. The van der Waals surface area contributed by atoms with Gasteiger partial charge in [0.05, 0.1) is 20.4 Å². The number of nitrogens with one attached hydrogen (secondary N) is 1. The molecule has 0 unspecified atom stereocenters. The summed E-state index contributed by atoms with van der Waals surface area (Å²) in [6, 6.07) is 18.1. The molecule has 0 amide bonds. The van der Waals surface area contributed by atoms with Crippen LogP contribution in [-0.2, 0) is 10.0 Å². The smallest absolute Gasteiger partial charge is 0.347 e. The van der Waals surface area contributed by atoms with E-state index in [1.54, 1.807) is 60.7 Å². The lowest BCUT2D eigenvalue weighted by atomic mass is 10.2. The number of para-hydroxylation sites is 1. The van der Waals surface area contributed by atoms with E-state index in [-0.39, 0.29) is 22.0 Å². The lowest BCUT2D eigenvalue weighted by molar-refractivity contribution is 0.0726. The third kappa shape index (κ3) is 4.55. The van der Waals surface area contributed by atoms with Gasteiger partial charge in [0.25, 0.3) is 10.0 Å². The van der Waals surface area contributed by atoms with Crippen molar-refractivity contribution in [3.05, 3.63) is 83.4 Å². The Balaban J connectivity index is 1.50. The van der Waals surface area contributed by atoms with Gasteiger partial charge in [-0.15, -0.1) is 4.40 Å². The zero-order valence-corrected chi connectivity index (χ0v) is 18.5. The van der Waals surface area contributed by atoms with Gasteiger partial charge < -0.3 is 14.2 Å². The van der Waals surface area contributed by atoms with Crippen molar-refractivity contribution >= 4 is 28.0 Å². The van der Waals surface area contributed by atoms with Crippen LogP contribution in [0.1, 0.15) is 21.5 Å². The minimum Gasteiger partial charge on any atom is -0.496 e. The number of rotatable bonds is 6. The molecule has 1 aliphatic rings. The molecule has 0 radical (unpaired) electrons. The zero-order valence-electron chi connectivity index (χ0n) is 17.7. The van der Waals surface area contributed by atoms with Crippen molar-refractivity contribution in [1.29, 1.82) is 0 Å². The quantitative estimate of drug-likeness (QED) is 0.257. The van der Waals surface area contributed by atoms with Crippen molar-refractivity contribution in [2.75, 3.05) is 14.2 Å². The first-order valence-electron chi connectivity index (χ1n) is 9.69. The number of sulfonamides is 1. The molecule has 0 saturated carbocycles. The van der Waals surface area contributed by atoms with Crippen LogP contribution >= 0.6 is 0 Å². The predicted molar refractivity (Wildman–Crippen MR) is 122 cm³/mol. The fourth-order valence-electron chi connectivity index (χ4n) is 3.17. The van der Waals surface area contributed by atoms with E-state index >= 15 is 0 Å². The lowest BCUT2D eigenvalue weighted by Crippen LogP contribution is -2.17. The molecule has 10 heteroatoms. The molecule has 168 valence electrons. The minimum atomic E-state index is -3.73. The Morgan fingerprint density at radius 3 is 2.45 bits per heavy atom. The maximum atomic E-state index is 12.6. The molecule has 33 heavy (non-hydrogen) atoms. The lowest BCUT2D eigenvalue weighted by Gasteiger charge is -2.11. The Morgan fingerprint density at radius 1 is 0.939 bits per heavy atom. The highest BCUT2D eigenvalue weighted by Crippen LogP contribution is 2.30. The Kier molecular flexibility index (Phi) is 6.09. The van der Waals surface area contributed by atoms with Crippen molar-refractivity contribution in [3.63, 3.8) is 0 Å². The molecule has 0 fully saturated rings. The van der Waals surface area contributed by atoms with Gasteiger partial charge in [-0.25, -0.2) is 4.79 Å². The predicted octanol–water partition coefficient (Wildman–Crippen LogP) is 3.00. The molecular weight excluding hydrogens is 446 g/mol. The van der Waals surface area contributed by atoms with E-state index in [0.717, 1.165) is 0 Å². The number of nitrogens with zero attached hydrogens (tertiary/aromatic N) is 2. The summed E-state index contributed by atoms with van der Waals surface area (Å²) >= 11 is 0. The first-order valence-corrected chi connectivity index (χ1v) is 11.1. The third-order valence-corrected chi connectivity index (χ3v) is 6.07. The molecule has 0 aromatic heterocycles. The van der Waals surface area contributed by atoms with Gasteiger partial charge in [0.1, 0.15) is 16.2 Å². The summed E-state index contributed by atoms with van der Waals surface area (Å²) in [6.45, 7) is 0. The Morgan fingerprint density at radius 2 is 1.67 bits per heavy atom. The maximum Gasteiger partial charge on any atom is 0.347 e. The van der Waals surface area contributed by atoms with Crippen LogP contribution in [0.4, 0.5) is 0 Å². The monoisotopic (exact) mass is 465 g/mol. The molecule has 0 bridgehead atoms. The van der Waals surface area contributed by atoms with Gasteiger partial charge >= 0.3 is 5.97 Å². The maximum absolute atomic E-state index is 12.6. The summed E-state index contributed by atoms with van der Waals surface area (Å²) < 4.78 is 43.9. The van der Waals surface area contributed by atoms with Gasteiger partial charge in [-0.1, -0.05) is 24.3 Å². The molecule has 9 nitrogen and oxygen atoms in total. The number of amidine groups is 1. The molecule has 1 N–H and O–H groups in total. The number of hydrazone groups is 1. The molecular formula is C23H19N3O6S. The second kappa shape index (κ2) is 9.13. The summed E-state index contributed by atoms with van der Waals surface area (Å²) in [6.07, 6.45) is 1.46. The molecule has 0 spiro atoms. The second-order valence-electron chi connectivity index (χ2n) is 6.78. The van der Waals surface area contributed by atoms with E-state index in [9.17, 15) is 13.2 Å². The van der Waals surface area contributed by atoms with Crippen molar-refractivity contribution < 1.29 is 27.4 Å². The third-order valence-electron chi connectivity index (χ3n) is 4.73.